The first-order valence-electron chi connectivity index (χ1n) is 7.29. The Kier molecular flexibility index (Phi) is 6.84. The van der Waals surface area contributed by atoms with Crippen LogP contribution in [-0.4, -0.2) is 30.4 Å². The molecule has 4 N–H and O–H groups in total. The number of rotatable bonds is 6. The van der Waals surface area contributed by atoms with Crippen LogP contribution in [0.1, 0.15) is 52.4 Å². The molecular weight excluding hydrogens is 242 g/mol. The van der Waals surface area contributed by atoms with Gasteiger partial charge in [0.05, 0.1) is 6.54 Å². The Balaban J connectivity index is 2.09. The molecule has 1 rings (SSSR count). The van der Waals surface area contributed by atoms with Gasteiger partial charge < -0.3 is 16.4 Å². The second-order valence-corrected chi connectivity index (χ2v) is 5.82. The highest BCUT2D eigenvalue weighted by Crippen LogP contribution is 2.26. The van der Waals surface area contributed by atoms with E-state index in [4.69, 9.17) is 5.73 Å². The van der Waals surface area contributed by atoms with Crippen LogP contribution in [0.4, 0.5) is 0 Å². The van der Waals surface area contributed by atoms with Crippen LogP contribution in [0, 0.1) is 5.92 Å². The maximum absolute atomic E-state index is 11.6. The zero-order valence-electron chi connectivity index (χ0n) is 12.1. The van der Waals surface area contributed by atoms with Gasteiger partial charge in [0.1, 0.15) is 0 Å². The molecule has 0 radical (unpaired) electrons. The van der Waals surface area contributed by atoms with Crippen LogP contribution in [0.2, 0.25) is 0 Å². The third-order valence-electron chi connectivity index (χ3n) is 3.57. The van der Waals surface area contributed by atoms with Gasteiger partial charge in [-0.1, -0.05) is 0 Å². The average molecular weight is 269 g/mol. The van der Waals surface area contributed by atoms with E-state index in [0.717, 1.165) is 32.1 Å². The van der Waals surface area contributed by atoms with E-state index < -0.39 is 0 Å². The van der Waals surface area contributed by atoms with Gasteiger partial charge in [0, 0.05) is 18.5 Å². The molecular formula is C14H27N3O2. The molecule has 0 aliphatic heterocycles. The number of carbonyl (C=O) groups excluding carboxylic acids is 2. The van der Waals surface area contributed by atoms with E-state index in [1.54, 1.807) is 0 Å². The number of amides is 2. The molecule has 110 valence electrons. The van der Waals surface area contributed by atoms with Crippen molar-refractivity contribution in [2.75, 3.05) is 6.54 Å². The summed E-state index contributed by atoms with van der Waals surface area (Å²) in [7, 11) is 0. The summed E-state index contributed by atoms with van der Waals surface area (Å²) in [6.45, 7) is 3.87. The predicted octanol–water partition coefficient (Wildman–Crippen LogP) is 0.925. The van der Waals surface area contributed by atoms with E-state index in [9.17, 15) is 9.59 Å². The Morgan fingerprint density at radius 1 is 1.16 bits per heavy atom. The van der Waals surface area contributed by atoms with Gasteiger partial charge in [0.2, 0.25) is 11.8 Å². The van der Waals surface area contributed by atoms with Crippen LogP contribution in [0.15, 0.2) is 0 Å². The summed E-state index contributed by atoms with van der Waals surface area (Å²) < 4.78 is 0. The minimum atomic E-state index is -0.132. The van der Waals surface area contributed by atoms with Gasteiger partial charge in [-0.05, 0) is 51.9 Å². The molecule has 0 unspecified atom stereocenters. The molecule has 1 saturated carbocycles. The predicted molar refractivity (Wildman–Crippen MR) is 75.5 cm³/mol. The molecule has 1 aliphatic carbocycles. The minimum absolute atomic E-state index is 0.0335. The van der Waals surface area contributed by atoms with Crippen LogP contribution >= 0.6 is 0 Å². The highest BCUT2D eigenvalue weighted by molar-refractivity contribution is 5.84. The third kappa shape index (κ3) is 7.15. The van der Waals surface area contributed by atoms with Crippen molar-refractivity contribution >= 4 is 11.8 Å². The number of hydrogen-bond acceptors (Lipinski definition) is 3. The maximum atomic E-state index is 11.6. The van der Waals surface area contributed by atoms with Crippen LogP contribution in [-0.2, 0) is 9.59 Å². The Bertz CT molecular complexity index is 297. The first-order chi connectivity index (χ1) is 8.97. The lowest BCUT2D eigenvalue weighted by Crippen LogP contribution is -2.39. The molecule has 2 amide bonds. The molecule has 0 heterocycles. The van der Waals surface area contributed by atoms with Crippen molar-refractivity contribution in [2.45, 2.75) is 64.5 Å². The topological polar surface area (TPSA) is 84.2 Å². The lowest BCUT2D eigenvalue weighted by molar-refractivity contribution is -0.126. The Morgan fingerprint density at radius 2 is 1.79 bits per heavy atom. The normalized spacial score (nSPS) is 23.2. The first-order valence-corrected chi connectivity index (χ1v) is 7.29. The van der Waals surface area contributed by atoms with Crippen molar-refractivity contribution in [1.29, 1.82) is 0 Å². The fraction of sp³-hybridized carbons (Fsp3) is 0.857. The fourth-order valence-electron chi connectivity index (χ4n) is 2.45. The first kappa shape index (κ1) is 16.0. The van der Waals surface area contributed by atoms with Gasteiger partial charge in [-0.15, -0.1) is 0 Å². The molecule has 0 saturated heterocycles. The van der Waals surface area contributed by atoms with Crippen molar-refractivity contribution in [2.24, 2.45) is 11.7 Å². The summed E-state index contributed by atoms with van der Waals surface area (Å²) in [5.74, 6) is 0.454. The zero-order chi connectivity index (χ0) is 14.3. The molecule has 0 aromatic heterocycles. The Labute approximate surface area is 115 Å². The van der Waals surface area contributed by atoms with E-state index in [1.807, 2.05) is 13.8 Å². The summed E-state index contributed by atoms with van der Waals surface area (Å²) in [5.41, 5.74) is 5.85. The van der Waals surface area contributed by atoms with Gasteiger partial charge in [-0.3, -0.25) is 9.59 Å². The van der Waals surface area contributed by atoms with E-state index >= 15 is 0 Å². The highest BCUT2D eigenvalue weighted by Gasteiger charge is 2.19. The quantitative estimate of drug-likeness (QED) is 0.670. The van der Waals surface area contributed by atoms with Crippen molar-refractivity contribution in [3.05, 3.63) is 0 Å². The lowest BCUT2D eigenvalue weighted by atomic mass is 9.84. The Morgan fingerprint density at radius 3 is 2.37 bits per heavy atom. The second-order valence-electron chi connectivity index (χ2n) is 5.82. The molecule has 5 heteroatoms. The number of nitrogens with one attached hydrogen (secondary N) is 2. The second kappa shape index (κ2) is 8.15. The van der Waals surface area contributed by atoms with Crippen LogP contribution in [0.3, 0.4) is 0 Å². The molecule has 19 heavy (non-hydrogen) atoms. The summed E-state index contributed by atoms with van der Waals surface area (Å²) >= 11 is 0. The number of hydrogen-bond donors (Lipinski definition) is 3. The van der Waals surface area contributed by atoms with E-state index in [2.05, 4.69) is 10.6 Å². The third-order valence-corrected chi connectivity index (χ3v) is 3.57. The molecule has 0 aromatic rings. The van der Waals surface area contributed by atoms with Gasteiger partial charge >= 0.3 is 0 Å². The monoisotopic (exact) mass is 269 g/mol. The molecule has 0 bridgehead atoms. The molecule has 0 aromatic carbocycles. The maximum Gasteiger partial charge on any atom is 0.239 e. The van der Waals surface area contributed by atoms with Crippen LogP contribution < -0.4 is 16.4 Å². The van der Waals surface area contributed by atoms with E-state index in [-0.39, 0.29) is 24.4 Å². The molecule has 0 atom stereocenters. The summed E-state index contributed by atoms with van der Waals surface area (Å²) in [6, 6.07) is 0.459. The summed E-state index contributed by atoms with van der Waals surface area (Å²) in [4.78, 5) is 23.0. The van der Waals surface area contributed by atoms with Crippen molar-refractivity contribution in [3.8, 4) is 0 Å². The molecule has 0 spiro atoms. The van der Waals surface area contributed by atoms with E-state index in [1.165, 1.54) is 0 Å². The lowest BCUT2D eigenvalue weighted by Gasteiger charge is -2.25. The van der Waals surface area contributed by atoms with Gasteiger partial charge in [-0.25, -0.2) is 0 Å². The van der Waals surface area contributed by atoms with Crippen molar-refractivity contribution in [1.82, 2.24) is 10.6 Å². The zero-order valence-corrected chi connectivity index (χ0v) is 12.1. The summed E-state index contributed by atoms with van der Waals surface area (Å²) in [5, 5.41) is 5.40. The van der Waals surface area contributed by atoms with E-state index in [0.29, 0.717) is 18.4 Å². The van der Waals surface area contributed by atoms with Gasteiger partial charge in [0.25, 0.3) is 0 Å². The molecule has 1 aliphatic rings. The van der Waals surface area contributed by atoms with Crippen LogP contribution in [0.5, 0.6) is 0 Å². The molecule has 1 fully saturated rings. The number of carbonyl (C=O) groups is 2. The van der Waals surface area contributed by atoms with Gasteiger partial charge in [-0.2, -0.15) is 0 Å². The minimum Gasteiger partial charge on any atom is -0.352 e. The van der Waals surface area contributed by atoms with Crippen molar-refractivity contribution in [3.63, 3.8) is 0 Å². The fourth-order valence-corrected chi connectivity index (χ4v) is 2.45. The smallest absolute Gasteiger partial charge is 0.239 e. The highest BCUT2D eigenvalue weighted by atomic mass is 16.2. The summed E-state index contributed by atoms with van der Waals surface area (Å²) in [6.07, 6.45) is 5.82. The SMILES string of the molecule is CC(C)NC(=O)CNC(=O)CCC1CCC(N)CC1. The Hall–Kier alpha value is -1.10. The standard InChI is InChI=1S/C14H27N3O2/c1-10(2)17-14(19)9-16-13(18)8-5-11-3-6-12(15)7-4-11/h10-12H,3-9,15H2,1-2H3,(H,16,18)(H,17,19). The van der Waals surface area contributed by atoms with Crippen molar-refractivity contribution < 1.29 is 9.59 Å². The number of nitrogens with two attached hydrogens (primary N) is 1. The van der Waals surface area contributed by atoms with Crippen LogP contribution in [0.25, 0.3) is 0 Å². The van der Waals surface area contributed by atoms with Gasteiger partial charge in [0.15, 0.2) is 0 Å². The molecule has 5 nitrogen and oxygen atoms in total. The largest absolute Gasteiger partial charge is 0.352 e. The average Bonchev–Trinajstić information content (AvgIpc) is 2.35.